The molecule has 2 aromatic heterocycles. The van der Waals surface area contributed by atoms with Gasteiger partial charge in [0.1, 0.15) is 12.1 Å². The number of nitrogens with one attached hydrogen (secondary N) is 3. The Bertz CT molecular complexity index is 713. The quantitative estimate of drug-likeness (QED) is 0.569. The van der Waals surface area contributed by atoms with E-state index in [0.717, 1.165) is 5.69 Å². The van der Waals surface area contributed by atoms with E-state index in [1.807, 2.05) is 33.8 Å². The third-order valence-corrected chi connectivity index (χ3v) is 2.70. The molecule has 0 amide bonds. The summed E-state index contributed by atoms with van der Waals surface area (Å²) >= 11 is 0. The molecule has 0 aliphatic heterocycles. The second-order valence-electron chi connectivity index (χ2n) is 5.97. The molecular formula is C14H19N7O2. The standard InChI is InChI=1S/C14H19N7O2/c1-9-6-5-7-10(17-9)18-12-11(21(22)23)13(16-8-15-12)19-20-14(2,3)4/h5-8,20H,1-4H3,(H2,15,16,17,18,19). The molecule has 2 rings (SSSR count). The molecule has 122 valence electrons. The summed E-state index contributed by atoms with van der Waals surface area (Å²) in [5, 5.41) is 14.3. The number of rotatable bonds is 5. The minimum atomic E-state index is -0.537. The second-order valence-corrected chi connectivity index (χ2v) is 5.97. The number of aromatic nitrogens is 3. The number of nitrogens with zero attached hydrogens (tertiary/aromatic N) is 4. The van der Waals surface area contributed by atoms with Gasteiger partial charge in [0, 0.05) is 11.2 Å². The number of hydrogen-bond acceptors (Lipinski definition) is 8. The minimum Gasteiger partial charge on any atom is -0.319 e. The summed E-state index contributed by atoms with van der Waals surface area (Å²) in [5.74, 6) is 0.623. The van der Waals surface area contributed by atoms with Gasteiger partial charge in [0.25, 0.3) is 0 Å². The number of aryl methyl sites for hydroxylation is 1. The monoisotopic (exact) mass is 317 g/mol. The lowest BCUT2D eigenvalue weighted by Crippen LogP contribution is -2.40. The molecule has 0 aliphatic rings. The van der Waals surface area contributed by atoms with Crippen LogP contribution in [0.1, 0.15) is 26.5 Å². The fourth-order valence-corrected chi connectivity index (χ4v) is 1.72. The van der Waals surface area contributed by atoms with Crippen LogP contribution < -0.4 is 16.2 Å². The van der Waals surface area contributed by atoms with Gasteiger partial charge in [-0.15, -0.1) is 0 Å². The van der Waals surface area contributed by atoms with Crippen LogP contribution in [-0.4, -0.2) is 25.4 Å². The first-order valence-corrected chi connectivity index (χ1v) is 6.99. The molecule has 2 heterocycles. The Labute approximate surface area is 133 Å². The first-order chi connectivity index (χ1) is 10.8. The van der Waals surface area contributed by atoms with E-state index < -0.39 is 4.92 Å². The van der Waals surface area contributed by atoms with E-state index in [0.29, 0.717) is 5.82 Å². The topological polar surface area (TPSA) is 118 Å². The molecule has 23 heavy (non-hydrogen) atoms. The van der Waals surface area contributed by atoms with Gasteiger partial charge in [-0.1, -0.05) is 6.07 Å². The first-order valence-electron chi connectivity index (χ1n) is 6.99. The maximum atomic E-state index is 11.4. The smallest absolute Gasteiger partial charge is 0.319 e. The van der Waals surface area contributed by atoms with E-state index in [9.17, 15) is 10.1 Å². The van der Waals surface area contributed by atoms with Gasteiger partial charge in [-0.25, -0.2) is 20.4 Å². The van der Waals surface area contributed by atoms with Crippen molar-refractivity contribution in [3.05, 3.63) is 40.3 Å². The van der Waals surface area contributed by atoms with Crippen LogP contribution in [0.5, 0.6) is 0 Å². The Morgan fingerprint density at radius 3 is 2.48 bits per heavy atom. The Balaban J connectivity index is 2.34. The Hall–Kier alpha value is -2.81. The van der Waals surface area contributed by atoms with Crippen molar-refractivity contribution in [2.75, 3.05) is 10.7 Å². The molecule has 0 aliphatic carbocycles. The van der Waals surface area contributed by atoms with Gasteiger partial charge in [-0.05, 0) is 39.8 Å². The number of anilines is 3. The van der Waals surface area contributed by atoms with Gasteiger partial charge in [0.15, 0.2) is 0 Å². The van der Waals surface area contributed by atoms with Gasteiger partial charge in [-0.2, -0.15) is 0 Å². The van der Waals surface area contributed by atoms with Crippen molar-refractivity contribution in [1.29, 1.82) is 0 Å². The number of nitro groups is 1. The summed E-state index contributed by atoms with van der Waals surface area (Å²) in [4.78, 5) is 23.0. The Morgan fingerprint density at radius 2 is 1.87 bits per heavy atom. The highest BCUT2D eigenvalue weighted by Gasteiger charge is 2.24. The van der Waals surface area contributed by atoms with Crippen molar-refractivity contribution < 1.29 is 4.92 Å². The molecule has 9 nitrogen and oxygen atoms in total. The lowest BCUT2D eigenvalue weighted by Gasteiger charge is -2.21. The van der Waals surface area contributed by atoms with Gasteiger partial charge in [-0.3, -0.25) is 15.5 Å². The minimum absolute atomic E-state index is 0.0707. The zero-order chi connectivity index (χ0) is 17.0. The van der Waals surface area contributed by atoms with Crippen LogP contribution in [0.15, 0.2) is 24.5 Å². The highest BCUT2D eigenvalue weighted by atomic mass is 16.6. The van der Waals surface area contributed by atoms with E-state index in [4.69, 9.17) is 0 Å². The lowest BCUT2D eigenvalue weighted by molar-refractivity contribution is -0.383. The van der Waals surface area contributed by atoms with Crippen LogP contribution in [-0.2, 0) is 0 Å². The van der Waals surface area contributed by atoms with Crippen LogP contribution in [0.3, 0.4) is 0 Å². The molecule has 0 radical (unpaired) electrons. The summed E-state index contributed by atoms with van der Waals surface area (Å²) in [6, 6.07) is 5.34. The Morgan fingerprint density at radius 1 is 1.17 bits per heavy atom. The van der Waals surface area contributed by atoms with Crippen molar-refractivity contribution >= 4 is 23.1 Å². The summed E-state index contributed by atoms with van der Waals surface area (Å²) in [6.45, 7) is 7.59. The molecule has 3 N–H and O–H groups in total. The van der Waals surface area contributed by atoms with Crippen molar-refractivity contribution in [1.82, 2.24) is 20.4 Å². The fourth-order valence-electron chi connectivity index (χ4n) is 1.72. The molecule has 9 heteroatoms. The second kappa shape index (κ2) is 6.53. The summed E-state index contributed by atoms with van der Waals surface area (Å²) < 4.78 is 0. The molecule has 0 saturated carbocycles. The highest BCUT2D eigenvalue weighted by Crippen LogP contribution is 2.30. The van der Waals surface area contributed by atoms with Gasteiger partial charge >= 0.3 is 5.69 Å². The maximum absolute atomic E-state index is 11.4. The fraction of sp³-hybridized carbons (Fsp3) is 0.357. The molecule has 0 saturated heterocycles. The number of pyridine rings is 1. The van der Waals surface area contributed by atoms with Crippen molar-refractivity contribution in [3.63, 3.8) is 0 Å². The van der Waals surface area contributed by atoms with Crippen molar-refractivity contribution in [3.8, 4) is 0 Å². The highest BCUT2D eigenvalue weighted by molar-refractivity contribution is 5.72. The average molecular weight is 317 g/mol. The molecule has 0 spiro atoms. The molecule has 2 aromatic rings. The average Bonchev–Trinajstić information content (AvgIpc) is 2.44. The zero-order valence-corrected chi connectivity index (χ0v) is 13.4. The van der Waals surface area contributed by atoms with Crippen LogP contribution >= 0.6 is 0 Å². The molecule has 0 fully saturated rings. The van der Waals surface area contributed by atoms with Crippen LogP contribution in [0.2, 0.25) is 0 Å². The zero-order valence-electron chi connectivity index (χ0n) is 13.4. The van der Waals surface area contributed by atoms with E-state index >= 15 is 0 Å². The van der Waals surface area contributed by atoms with Gasteiger partial charge in [0.05, 0.1) is 4.92 Å². The van der Waals surface area contributed by atoms with E-state index in [-0.39, 0.29) is 22.9 Å². The molecule has 0 bridgehead atoms. The first kappa shape index (κ1) is 16.6. The van der Waals surface area contributed by atoms with Crippen molar-refractivity contribution in [2.45, 2.75) is 33.2 Å². The predicted molar refractivity (Wildman–Crippen MR) is 87.5 cm³/mol. The SMILES string of the molecule is Cc1cccc(Nc2ncnc(NNC(C)(C)C)c2[N+](=O)[O-])n1. The summed E-state index contributed by atoms with van der Waals surface area (Å²) in [5.41, 5.74) is 5.96. The summed E-state index contributed by atoms with van der Waals surface area (Å²) in [7, 11) is 0. The van der Waals surface area contributed by atoms with Gasteiger partial charge in [0.2, 0.25) is 11.6 Å². The molecule has 0 aromatic carbocycles. The maximum Gasteiger partial charge on any atom is 0.354 e. The third-order valence-electron chi connectivity index (χ3n) is 2.70. The van der Waals surface area contributed by atoms with Crippen LogP contribution in [0.4, 0.5) is 23.1 Å². The van der Waals surface area contributed by atoms with E-state index in [1.165, 1.54) is 6.33 Å². The summed E-state index contributed by atoms with van der Waals surface area (Å²) in [6.07, 6.45) is 1.25. The molecular weight excluding hydrogens is 298 g/mol. The van der Waals surface area contributed by atoms with Gasteiger partial charge < -0.3 is 5.32 Å². The van der Waals surface area contributed by atoms with E-state index in [1.54, 1.807) is 12.1 Å². The van der Waals surface area contributed by atoms with Crippen LogP contribution in [0, 0.1) is 17.0 Å². The normalized spacial score (nSPS) is 11.1. The molecule has 0 atom stereocenters. The lowest BCUT2D eigenvalue weighted by atomic mass is 10.1. The van der Waals surface area contributed by atoms with Crippen molar-refractivity contribution in [2.24, 2.45) is 0 Å². The Kier molecular flexibility index (Phi) is 4.70. The third kappa shape index (κ3) is 4.58. The van der Waals surface area contributed by atoms with Crippen LogP contribution in [0.25, 0.3) is 0 Å². The van der Waals surface area contributed by atoms with E-state index in [2.05, 4.69) is 31.1 Å². The number of hydrazine groups is 1. The largest absolute Gasteiger partial charge is 0.354 e. The molecule has 0 unspecified atom stereocenters. The number of hydrogen-bond donors (Lipinski definition) is 3. The predicted octanol–water partition coefficient (Wildman–Crippen LogP) is 2.55.